The summed E-state index contributed by atoms with van der Waals surface area (Å²) in [5.74, 6) is 0.427. The van der Waals surface area contributed by atoms with Crippen LogP contribution in [0.25, 0.3) is 0 Å². The van der Waals surface area contributed by atoms with E-state index in [1.54, 1.807) is 18.2 Å². The number of hydrogen-bond acceptors (Lipinski definition) is 4. The summed E-state index contributed by atoms with van der Waals surface area (Å²) in [5.41, 5.74) is 1.89. The number of nitrogens with zero attached hydrogens (tertiary/aromatic N) is 2. The Hall–Kier alpha value is -2.31. The fourth-order valence-electron chi connectivity index (χ4n) is 3.82. The first-order valence-corrected chi connectivity index (χ1v) is 9.85. The number of carbonyl (C=O) groups is 1. The van der Waals surface area contributed by atoms with Gasteiger partial charge in [-0.2, -0.15) is 0 Å². The molecule has 1 N–H and O–H groups in total. The van der Waals surface area contributed by atoms with Gasteiger partial charge in [-0.1, -0.05) is 23.7 Å². The van der Waals surface area contributed by atoms with Crippen molar-refractivity contribution in [3.8, 4) is 5.75 Å². The number of hydrogen-bond donors (Lipinski definition) is 1. The third kappa shape index (κ3) is 4.08. The first-order chi connectivity index (χ1) is 13.5. The lowest BCUT2D eigenvalue weighted by Gasteiger charge is -2.41. The normalized spacial score (nSPS) is 22.2. The molecule has 2 aromatic rings. The van der Waals surface area contributed by atoms with Gasteiger partial charge in [0.2, 0.25) is 0 Å². The van der Waals surface area contributed by atoms with Crippen molar-refractivity contribution in [3.05, 3.63) is 58.9 Å². The second-order valence-electron chi connectivity index (χ2n) is 7.37. The second kappa shape index (κ2) is 7.97. The Labute approximate surface area is 169 Å². The van der Waals surface area contributed by atoms with E-state index >= 15 is 0 Å². The van der Waals surface area contributed by atoms with Gasteiger partial charge in [0.25, 0.3) is 5.91 Å². The van der Waals surface area contributed by atoms with Crippen LogP contribution in [0.15, 0.2) is 42.5 Å². The lowest BCUT2D eigenvalue weighted by molar-refractivity contribution is -0.143. The molecule has 2 unspecified atom stereocenters. The maximum Gasteiger partial charge on any atom is 0.265 e. The maximum absolute atomic E-state index is 13.1. The summed E-state index contributed by atoms with van der Waals surface area (Å²) >= 11 is 6.00. The van der Waals surface area contributed by atoms with Gasteiger partial charge in [-0.15, -0.1) is 0 Å². The van der Waals surface area contributed by atoms with Gasteiger partial charge in [0.1, 0.15) is 11.6 Å². The number of nitrogens with one attached hydrogen (secondary N) is 1. The second-order valence-corrected chi connectivity index (χ2v) is 7.81. The highest BCUT2D eigenvalue weighted by Crippen LogP contribution is 2.32. The number of fused-ring (bicyclic) bond motifs is 1. The molecule has 2 aliphatic heterocycles. The Balaban J connectivity index is 1.36. The van der Waals surface area contributed by atoms with Gasteiger partial charge < -0.3 is 15.0 Å². The van der Waals surface area contributed by atoms with Crippen LogP contribution in [-0.4, -0.2) is 54.0 Å². The van der Waals surface area contributed by atoms with Crippen LogP contribution >= 0.6 is 11.6 Å². The molecule has 2 aromatic carbocycles. The average molecular weight is 404 g/mol. The molecule has 0 bridgehead atoms. The van der Waals surface area contributed by atoms with Gasteiger partial charge in [-0.3, -0.25) is 9.69 Å². The number of piperazine rings is 1. The SMILES string of the molecule is CC1CN(Cc2ccc(F)cc2)CCN1C(=O)C1CNc2cc(Cl)ccc2O1. The molecular weight excluding hydrogens is 381 g/mol. The monoisotopic (exact) mass is 403 g/mol. The van der Waals surface area contributed by atoms with Crippen LogP contribution in [0.4, 0.5) is 10.1 Å². The van der Waals surface area contributed by atoms with E-state index in [9.17, 15) is 9.18 Å². The first kappa shape index (κ1) is 19.0. The zero-order valence-electron chi connectivity index (χ0n) is 15.7. The molecule has 0 aromatic heterocycles. The van der Waals surface area contributed by atoms with Crippen molar-refractivity contribution >= 4 is 23.2 Å². The molecule has 28 heavy (non-hydrogen) atoms. The number of rotatable bonds is 3. The van der Waals surface area contributed by atoms with Gasteiger partial charge >= 0.3 is 0 Å². The number of carbonyl (C=O) groups excluding carboxylic acids is 1. The van der Waals surface area contributed by atoms with Crippen molar-refractivity contribution in [1.29, 1.82) is 0 Å². The molecule has 0 radical (unpaired) electrons. The van der Waals surface area contributed by atoms with Crippen molar-refractivity contribution in [3.63, 3.8) is 0 Å². The largest absolute Gasteiger partial charge is 0.477 e. The summed E-state index contributed by atoms with van der Waals surface area (Å²) in [7, 11) is 0. The Kier molecular flexibility index (Phi) is 5.42. The van der Waals surface area contributed by atoms with Gasteiger partial charge in [0, 0.05) is 37.2 Å². The Morgan fingerprint density at radius 3 is 2.79 bits per heavy atom. The average Bonchev–Trinajstić information content (AvgIpc) is 2.69. The number of benzene rings is 2. The van der Waals surface area contributed by atoms with Crippen molar-refractivity contribution < 1.29 is 13.9 Å². The highest BCUT2D eigenvalue weighted by Gasteiger charge is 2.34. The van der Waals surface area contributed by atoms with Gasteiger partial charge in [0.15, 0.2) is 6.10 Å². The van der Waals surface area contributed by atoms with E-state index in [1.165, 1.54) is 12.1 Å². The Morgan fingerprint density at radius 1 is 1.25 bits per heavy atom. The maximum atomic E-state index is 13.1. The first-order valence-electron chi connectivity index (χ1n) is 9.47. The van der Waals surface area contributed by atoms with E-state index in [1.807, 2.05) is 17.0 Å². The van der Waals surface area contributed by atoms with E-state index in [2.05, 4.69) is 17.1 Å². The van der Waals surface area contributed by atoms with Crippen LogP contribution in [0.5, 0.6) is 5.75 Å². The fraction of sp³-hybridized carbons (Fsp3) is 0.381. The fourth-order valence-corrected chi connectivity index (χ4v) is 3.99. The van der Waals surface area contributed by atoms with Crippen LogP contribution in [0.2, 0.25) is 5.02 Å². The molecule has 0 aliphatic carbocycles. The van der Waals surface area contributed by atoms with Crippen molar-refractivity contribution in [2.45, 2.75) is 25.6 Å². The minimum Gasteiger partial charge on any atom is -0.477 e. The molecule has 2 atom stereocenters. The van der Waals surface area contributed by atoms with E-state index in [0.717, 1.165) is 30.9 Å². The molecule has 1 fully saturated rings. The summed E-state index contributed by atoms with van der Waals surface area (Å²) in [4.78, 5) is 17.2. The summed E-state index contributed by atoms with van der Waals surface area (Å²) in [6.45, 7) is 5.43. The van der Waals surface area contributed by atoms with Crippen LogP contribution in [0.3, 0.4) is 0 Å². The third-order valence-electron chi connectivity index (χ3n) is 5.28. The highest BCUT2D eigenvalue weighted by molar-refractivity contribution is 6.30. The highest BCUT2D eigenvalue weighted by atomic mass is 35.5. The van der Waals surface area contributed by atoms with Crippen molar-refractivity contribution in [2.24, 2.45) is 0 Å². The number of ether oxygens (including phenoxy) is 1. The molecule has 2 aliphatic rings. The summed E-state index contributed by atoms with van der Waals surface area (Å²) in [6, 6.07) is 12.0. The molecule has 5 nitrogen and oxygen atoms in total. The smallest absolute Gasteiger partial charge is 0.265 e. The molecular formula is C21H23ClFN3O2. The lowest BCUT2D eigenvalue weighted by Crippen LogP contribution is -2.58. The van der Waals surface area contributed by atoms with Crippen LogP contribution in [-0.2, 0) is 11.3 Å². The van der Waals surface area contributed by atoms with Gasteiger partial charge in [0.05, 0.1) is 12.2 Å². The minimum atomic E-state index is -0.542. The van der Waals surface area contributed by atoms with Crippen LogP contribution in [0, 0.1) is 5.82 Å². The topological polar surface area (TPSA) is 44.8 Å². The van der Waals surface area contributed by atoms with Gasteiger partial charge in [-0.25, -0.2) is 4.39 Å². The quantitative estimate of drug-likeness (QED) is 0.853. The zero-order chi connectivity index (χ0) is 19.7. The van der Waals surface area contributed by atoms with E-state index < -0.39 is 6.10 Å². The predicted octanol–water partition coefficient (Wildman–Crippen LogP) is 3.38. The summed E-state index contributed by atoms with van der Waals surface area (Å²) in [5, 5.41) is 3.87. The molecule has 148 valence electrons. The third-order valence-corrected chi connectivity index (χ3v) is 5.51. The molecule has 0 saturated carbocycles. The predicted molar refractivity (Wildman–Crippen MR) is 107 cm³/mol. The van der Waals surface area contributed by atoms with E-state index in [4.69, 9.17) is 16.3 Å². The number of halogens is 2. The number of anilines is 1. The zero-order valence-corrected chi connectivity index (χ0v) is 16.5. The van der Waals surface area contributed by atoms with Crippen molar-refractivity contribution in [2.75, 3.05) is 31.5 Å². The molecule has 1 amide bonds. The van der Waals surface area contributed by atoms with Gasteiger partial charge in [-0.05, 0) is 42.8 Å². The van der Waals surface area contributed by atoms with Crippen LogP contribution in [0.1, 0.15) is 12.5 Å². The minimum absolute atomic E-state index is 0.00188. The van der Waals surface area contributed by atoms with E-state index in [-0.39, 0.29) is 17.8 Å². The molecule has 2 heterocycles. The molecule has 7 heteroatoms. The Bertz CT molecular complexity index is 861. The summed E-state index contributed by atoms with van der Waals surface area (Å²) < 4.78 is 19.0. The van der Waals surface area contributed by atoms with Crippen LogP contribution < -0.4 is 10.1 Å². The summed E-state index contributed by atoms with van der Waals surface area (Å²) in [6.07, 6.45) is -0.542. The number of amides is 1. The molecule has 4 rings (SSSR count). The standard InChI is InChI=1S/C21H23ClFN3O2/c1-14-12-25(13-15-2-5-17(23)6-3-15)8-9-26(14)21(27)20-11-24-18-10-16(22)4-7-19(18)28-20/h2-7,10,14,20,24H,8-9,11-13H2,1H3. The molecule has 0 spiro atoms. The van der Waals surface area contributed by atoms with Crippen molar-refractivity contribution in [1.82, 2.24) is 9.80 Å². The lowest BCUT2D eigenvalue weighted by atomic mass is 10.1. The Morgan fingerprint density at radius 2 is 2.04 bits per heavy atom. The van der Waals surface area contributed by atoms with E-state index in [0.29, 0.717) is 23.9 Å². The molecule has 1 saturated heterocycles.